The summed E-state index contributed by atoms with van der Waals surface area (Å²) in [7, 11) is 0. The summed E-state index contributed by atoms with van der Waals surface area (Å²) in [6.45, 7) is 2.87. The van der Waals surface area contributed by atoms with Gasteiger partial charge < -0.3 is 9.84 Å². The topological polar surface area (TPSA) is 72.3 Å². The Morgan fingerprint density at radius 3 is 2.58 bits per heavy atom. The molecular formula is C11H13F3N2O3. The lowest BCUT2D eigenvalue weighted by molar-refractivity contribution is -0.139. The molecule has 0 aromatic carbocycles. The van der Waals surface area contributed by atoms with Crippen molar-refractivity contribution in [3.63, 3.8) is 0 Å². The normalized spacial score (nSPS) is 11.7. The average Bonchev–Trinajstić information content (AvgIpc) is 2.27. The smallest absolute Gasteiger partial charge is 0.392 e. The highest BCUT2D eigenvalue weighted by Crippen LogP contribution is 2.22. The summed E-state index contributed by atoms with van der Waals surface area (Å²) in [6.07, 6.45) is -4.44. The van der Waals surface area contributed by atoms with Gasteiger partial charge in [-0.1, -0.05) is 13.8 Å². The largest absolute Gasteiger partial charge is 0.489 e. The Bertz CT molecular complexity index is 461. The molecule has 1 aromatic rings. The number of aromatic carboxylic acids is 1. The van der Waals surface area contributed by atoms with Gasteiger partial charge in [-0.25, -0.2) is 14.8 Å². The number of carboxylic acid groups (broad SMARTS) is 1. The van der Waals surface area contributed by atoms with E-state index in [2.05, 4.69) is 9.97 Å². The number of hydrogen-bond acceptors (Lipinski definition) is 4. The van der Waals surface area contributed by atoms with Crippen LogP contribution in [-0.2, 0) is 0 Å². The summed E-state index contributed by atoms with van der Waals surface area (Å²) >= 11 is 0. The third-order valence-corrected chi connectivity index (χ3v) is 2.14. The fourth-order valence-electron chi connectivity index (χ4n) is 1.20. The first-order valence-electron chi connectivity index (χ1n) is 5.50. The lowest BCUT2D eigenvalue weighted by atomic mass is 10.2. The molecule has 1 aromatic heterocycles. The third kappa shape index (κ3) is 4.72. The van der Waals surface area contributed by atoms with Crippen LogP contribution in [0.5, 0.6) is 5.75 Å². The van der Waals surface area contributed by atoms with Crippen molar-refractivity contribution < 1.29 is 27.8 Å². The molecule has 0 bridgehead atoms. The van der Waals surface area contributed by atoms with Gasteiger partial charge in [0, 0.05) is 5.92 Å². The zero-order chi connectivity index (χ0) is 14.6. The Labute approximate surface area is 107 Å². The van der Waals surface area contributed by atoms with E-state index in [0.29, 0.717) is 5.82 Å². The van der Waals surface area contributed by atoms with Crippen LogP contribution < -0.4 is 4.74 Å². The predicted molar refractivity (Wildman–Crippen MR) is 59.2 cm³/mol. The van der Waals surface area contributed by atoms with Crippen molar-refractivity contribution in [2.75, 3.05) is 6.61 Å². The molecule has 8 heteroatoms. The molecule has 0 unspecified atom stereocenters. The maximum absolute atomic E-state index is 12.0. The maximum atomic E-state index is 12.0. The zero-order valence-electron chi connectivity index (χ0n) is 10.4. The summed E-state index contributed by atoms with van der Waals surface area (Å²) in [5, 5.41) is 8.94. The van der Waals surface area contributed by atoms with E-state index >= 15 is 0 Å². The number of nitrogens with zero attached hydrogens (tertiary/aromatic N) is 2. The van der Waals surface area contributed by atoms with Gasteiger partial charge in [-0.3, -0.25) is 0 Å². The molecule has 0 saturated carbocycles. The van der Waals surface area contributed by atoms with Crippen LogP contribution >= 0.6 is 0 Å². The molecule has 0 aliphatic rings. The monoisotopic (exact) mass is 278 g/mol. The van der Waals surface area contributed by atoms with E-state index in [9.17, 15) is 18.0 Å². The molecule has 0 aliphatic heterocycles. The Kier molecular flexibility index (Phi) is 4.68. The summed E-state index contributed by atoms with van der Waals surface area (Å²) in [4.78, 5) is 18.6. The highest BCUT2D eigenvalue weighted by molar-refractivity contribution is 5.88. The van der Waals surface area contributed by atoms with Crippen LogP contribution in [0.3, 0.4) is 0 Å². The van der Waals surface area contributed by atoms with Crippen LogP contribution in [0.2, 0.25) is 0 Å². The molecule has 0 saturated heterocycles. The van der Waals surface area contributed by atoms with Crippen LogP contribution in [0, 0.1) is 0 Å². The fraction of sp³-hybridized carbons (Fsp3) is 0.545. The summed E-state index contributed by atoms with van der Waals surface area (Å²) in [6, 6.07) is 0. The molecule has 1 N–H and O–H groups in total. The van der Waals surface area contributed by atoms with E-state index in [1.807, 2.05) is 0 Å². The van der Waals surface area contributed by atoms with E-state index in [1.165, 1.54) is 0 Å². The number of ether oxygens (including phenoxy) is 1. The molecule has 0 radical (unpaired) electrons. The number of aromatic nitrogens is 2. The van der Waals surface area contributed by atoms with Crippen molar-refractivity contribution in [2.24, 2.45) is 0 Å². The highest BCUT2D eigenvalue weighted by atomic mass is 19.4. The van der Waals surface area contributed by atoms with Crippen molar-refractivity contribution in [3.05, 3.63) is 17.7 Å². The molecule has 0 fully saturated rings. The third-order valence-electron chi connectivity index (χ3n) is 2.14. The number of carbonyl (C=O) groups is 1. The van der Waals surface area contributed by atoms with Crippen molar-refractivity contribution in [1.82, 2.24) is 9.97 Å². The standard InChI is InChI=1S/C11H13F3N2O3/c1-6(2)9-15-5-7(8(16-9)10(17)18)19-4-3-11(12,13)14/h5-6H,3-4H2,1-2H3,(H,17,18). The van der Waals surface area contributed by atoms with Gasteiger partial charge in [0.1, 0.15) is 5.82 Å². The first-order chi connectivity index (χ1) is 8.70. The lowest BCUT2D eigenvalue weighted by Crippen LogP contribution is -2.15. The van der Waals surface area contributed by atoms with Gasteiger partial charge in [0.25, 0.3) is 0 Å². The van der Waals surface area contributed by atoms with Gasteiger partial charge in [-0.05, 0) is 0 Å². The van der Waals surface area contributed by atoms with Crippen molar-refractivity contribution in [2.45, 2.75) is 32.4 Å². The first-order valence-corrected chi connectivity index (χ1v) is 5.50. The minimum absolute atomic E-state index is 0.0951. The number of hydrogen-bond donors (Lipinski definition) is 1. The van der Waals surface area contributed by atoms with Gasteiger partial charge in [0.05, 0.1) is 19.2 Å². The Balaban J connectivity index is 2.86. The van der Waals surface area contributed by atoms with E-state index in [4.69, 9.17) is 9.84 Å². The molecule has 19 heavy (non-hydrogen) atoms. The Morgan fingerprint density at radius 2 is 2.11 bits per heavy atom. The van der Waals surface area contributed by atoms with Crippen LogP contribution in [0.4, 0.5) is 13.2 Å². The van der Waals surface area contributed by atoms with Gasteiger partial charge in [-0.15, -0.1) is 0 Å². The number of carboxylic acids is 1. The second-order valence-electron chi connectivity index (χ2n) is 4.11. The summed E-state index contributed by atoms with van der Waals surface area (Å²) in [5.74, 6) is -1.43. The van der Waals surface area contributed by atoms with Gasteiger partial charge in [0.2, 0.25) is 0 Å². The maximum Gasteiger partial charge on any atom is 0.392 e. The predicted octanol–water partition coefficient (Wildman–Crippen LogP) is 2.63. The molecule has 0 amide bonds. The highest BCUT2D eigenvalue weighted by Gasteiger charge is 2.27. The average molecular weight is 278 g/mol. The summed E-state index contributed by atoms with van der Waals surface area (Å²) < 4.78 is 40.7. The second kappa shape index (κ2) is 5.85. The van der Waals surface area contributed by atoms with Crippen LogP contribution in [0.1, 0.15) is 42.5 Å². The minimum Gasteiger partial charge on any atom is -0.489 e. The van der Waals surface area contributed by atoms with E-state index in [0.717, 1.165) is 6.20 Å². The molecule has 1 heterocycles. The van der Waals surface area contributed by atoms with Crippen molar-refractivity contribution in [3.8, 4) is 5.75 Å². The molecule has 1 rings (SSSR count). The van der Waals surface area contributed by atoms with Gasteiger partial charge in [0.15, 0.2) is 11.4 Å². The molecule has 106 valence electrons. The zero-order valence-corrected chi connectivity index (χ0v) is 10.4. The van der Waals surface area contributed by atoms with Crippen LogP contribution in [0.15, 0.2) is 6.20 Å². The Hall–Kier alpha value is -1.86. The Morgan fingerprint density at radius 1 is 1.47 bits per heavy atom. The molecule has 0 aliphatic carbocycles. The first kappa shape index (κ1) is 15.2. The minimum atomic E-state index is -4.36. The summed E-state index contributed by atoms with van der Waals surface area (Å²) in [5.41, 5.74) is -0.430. The van der Waals surface area contributed by atoms with Crippen LogP contribution in [-0.4, -0.2) is 33.8 Å². The van der Waals surface area contributed by atoms with Gasteiger partial charge >= 0.3 is 12.1 Å². The fourth-order valence-corrected chi connectivity index (χ4v) is 1.20. The van der Waals surface area contributed by atoms with Gasteiger partial charge in [-0.2, -0.15) is 13.2 Å². The second-order valence-corrected chi connectivity index (χ2v) is 4.11. The van der Waals surface area contributed by atoms with Crippen molar-refractivity contribution in [1.29, 1.82) is 0 Å². The van der Waals surface area contributed by atoms with Crippen molar-refractivity contribution >= 4 is 5.97 Å². The van der Waals surface area contributed by atoms with E-state index in [-0.39, 0.29) is 11.7 Å². The van der Waals surface area contributed by atoms with Crippen LogP contribution in [0.25, 0.3) is 0 Å². The van der Waals surface area contributed by atoms with E-state index < -0.39 is 30.9 Å². The SMILES string of the molecule is CC(C)c1ncc(OCCC(F)(F)F)c(C(=O)O)n1. The molecule has 5 nitrogen and oxygen atoms in total. The molecule has 0 atom stereocenters. The molecular weight excluding hydrogens is 265 g/mol. The van der Waals surface area contributed by atoms with E-state index in [1.54, 1.807) is 13.8 Å². The molecule has 0 spiro atoms. The quantitative estimate of drug-likeness (QED) is 0.896. The number of halogens is 3. The lowest BCUT2D eigenvalue weighted by Gasteiger charge is -2.11. The number of alkyl halides is 3. The number of rotatable bonds is 5.